The Hall–Kier alpha value is -0.413. The second-order valence-corrected chi connectivity index (χ2v) is 16.7. The number of unbranched alkanes of at least 4 members (excludes halogenated alkanes) is 1. The first-order valence-electron chi connectivity index (χ1n) is 13.4. The standard InChI is InChI=1S/C25H39F9Si/c1-2-3-13-35(20-10-4-7-17(14-20)23(26,27)28,21-11-5-8-18(15-21)24(29,30)31)22-12-6-9-19(16-22)25(32,33)34/h17-22H,2-16H2,1H3/t17-,18-,19-,20+,21+,22+/m0/s1. The van der Waals surface area contributed by atoms with Crippen LogP contribution in [0.3, 0.4) is 0 Å². The molecule has 0 bridgehead atoms. The first-order chi connectivity index (χ1) is 16.2. The quantitative estimate of drug-likeness (QED) is 0.233. The molecule has 0 aromatic rings. The molecular weight excluding hydrogens is 499 g/mol. The molecule has 3 aliphatic carbocycles. The monoisotopic (exact) mass is 538 g/mol. The molecular formula is C25H39F9Si. The van der Waals surface area contributed by atoms with Crippen molar-refractivity contribution in [3.05, 3.63) is 0 Å². The van der Waals surface area contributed by atoms with Gasteiger partial charge in [-0.05, 0) is 55.1 Å². The molecule has 35 heavy (non-hydrogen) atoms. The molecule has 0 heterocycles. The minimum atomic E-state index is -4.37. The van der Waals surface area contributed by atoms with E-state index in [1.165, 1.54) is 0 Å². The number of halogens is 9. The van der Waals surface area contributed by atoms with Gasteiger partial charge in [-0.3, -0.25) is 0 Å². The highest BCUT2D eigenvalue weighted by molar-refractivity contribution is 6.84. The minimum Gasteiger partial charge on any atom is -0.171 e. The average Bonchev–Trinajstić information content (AvgIpc) is 2.79. The third kappa shape index (κ3) is 6.73. The van der Waals surface area contributed by atoms with Crippen molar-refractivity contribution in [2.24, 2.45) is 17.8 Å². The van der Waals surface area contributed by atoms with Gasteiger partial charge in [0.15, 0.2) is 0 Å². The van der Waals surface area contributed by atoms with Crippen LogP contribution in [0.1, 0.15) is 96.8 Å². The Balaban J connectivity index is 2.05. The maximum Gasteiger partial charge on any atom is 0.391 e. The Bertz CT molecular complexity index is 586. The first-order valence-corrected chi connectivity index (χ1v) is 15.8. The summed E-state index contributed by atoms with van der Waals surface area (Å²) in [7, 11) is -2.98. The number of alkyl halides is 9. The molecule has 0 aromatic heterocycles. The van der Waals surface area contributed by atoms with Crippen LogP contribution in [0, 0.1) is 17.8 Å². The maximum absolute atomic E-state index is 13.8. The average molecular weight is 539 g/mol. The lowest BCUT2D eigenvalue weighted by Gasteiger charge is -2.56. The highest BCUT2D eigenvalue weighted by Gasteiger charge is 2.59. The fraction of sp³-hybridized carbons (Fsp3) is 1.00. The predicted octanol–water partition coefficient (Wildman–Crippen LogP) is 10.6. The van der Waals surface area contributed by atoms with E-state index in [1.807, 2.05) is 6.92 Å². The van der Waals surface area contributed by atoms with Gasteiger partial charge in [0.25, 0.3) is 0 Å². The molecule has 0 aromatic carbocycles. The van der Waals surface area contributed by atoms with Crippen molar-refractivity contribution in [3.63, 3.8) is 0 Å². The molecule has 0 nitrogen and oxygen atoms in total. The third-order valence-electron chi connectivity index (χ3n) is 9.65. The summed E-state index contributed by atoms with van der Waals surface area (Å²) in [5, 5.41) is 0. The molecule has 0 N–H and O–H groups in total. The highest BCUT2D eigenvalue weighted by Crippen LogP contribution is 2.63. The zero-order valence-corrected chi connectivity index (χ0v) is 21.5. The fourth-order valence-electron chi connectivity index (χ4n) is 8.02. The zero-order chi connectivity index (χ0) is 26.1. The maximum atomic E-state index is 13.8. The van der Waals surface area contributed by atoms with Gasteiger partial charge in [0.1, 0.15) is 0 Å². The Morgan fingerprint density at radius 3 is 1.11 bits per heavy atom. The van der Waals surface area contributed by atoms with E-state index in [-0.39, 0.29) is 55.1 Å². The smallest absolute Gasteiger partial charge is 0.171 e. The third-order valence-corrected chi connectivity index (χ3v) is 17.0. The lowest BCUT2D eigenvalue weighted by atomic mass is 9.87. The van der Waals surface area contributed by atoms with Crippen molar-refractivity contribution in [1.82, 2.24) is 0 Å². The minimum absolute atomic E-state index is 0.0178. The molecule has 0 spiro atoms. The topological polar surface area (TPSA) is 0 Å². The van der Waals surface area contributed by atoms with E-state index in [9.17, 15) is 39.5 Å². The number of hydrogen-bond acceptors (Lipinski definition) is 0. The molecule has 3 saturated carbocycles. The summed E-state index contributed by atoms with van der Waals surface area (Å²) in [6.45, 7) is 1.94. The lowest BCUT2D eigenvalue weighted by Crippen LogP contribution is -2.54. The van der Waals surface area contributed by atoms with Crippen molar-refractivity contribution in [1.29, 1.82) is 0 Å². The van der Waals surface area contributed by atoms with E-state index >= 15 is 0 Å². The van der Waals surface area contributed by atoms with Gasteiger partial charge < -0.3 is 0 Å². The summed E-state index contributed by atoms with van der Waals surface area (Å²) in [5.74, 6) is -4.46. The second kappa shape index (κ2) is 11.1. The Kier molecular flexibility index (Phi) is 9.28. The summed E-state index contributed by atoms with van der Waals surface area (Å²) < 4.78 is 124. The van der Waals surface area contributed by atoms with E-state index in [0.717, 1.165) is 6.42 Å². The van der Waals surface area contributed by atoms with Crippen molar-refractivity contribution < 1.29 is 39.5 Å². The SMILES string of the molecule is CCCC[Si]([C@@H]1CCC[C@H](C(F)(F)F)C1)([C@@H]1CCC[C@H](C(F)(F)F)C1)[C@@H]1CCC[C@H](C(F)(F)F)C1. The molecule has 3 fully saturated rings. The van der Waals surface area contributed by atoms with Crippen LogP contribution < -0.4 is 0 Å². The van der Waals surface area contributed by atoms with Crippen molar-refractivity contribution in [2.75, 3.05) is 0 Å². The molecule has 0 radical (unpaired) electrons. The van der Waals surface area contributed by atoms with Crippen LogP contribution in [0.15, 0.2) is 0 Å². The summed E-state index contributed by atoms with van der Waals surface area (Å²) in [5.41, 5.74) is -1.03. The summed E-state index contributed by atoms with van der Waals surface area (Å²) in [4.78, 5) is 0. The van der Waals surface area contributed by atoms with Gasteiger partial charge in [-0.2, -0.15) is 39.5 Å². The summed E-state index contributed by atoms with van der Waals surface area (Å²) in [6.07, 6.45) is -9.24. The highest BCUT2D eigenvalue weighted by atomic mass is 28.3. The fourth-order valence-corrected chi connectivity index (χ4v) is 16.6. The van der Waals surface area contributed by atoms with E-state index in [0.29, 0.717) is 51.0 Å². The van der Waals surface area contributed by atoms with E-state index in [2.05, 4.69) is 0 Å². The van der Waals surface area contributed by atoms with Crippen LogP contribution >= 0.6 is 0 Å². The van der Waals surface area contributed by atoms with Crippen LogP contribution in [-0.4, -0.2) is 26.6 Å². The molecule has 6 atom stereocenters. The largest absolute Gasteiger partial charge is 0.391 e. The van der Waals surface area contributed by atoms with Gasteiger partial charge in [0.05, 0.1) is 25.8 Å². The molecule has 0 unspecified atom stereocenters. The van der Waals surface area contributed by atoms with E-state index < -0.39 is 44.4 Å². The van der Waals surface area contributed by atoms with Gasteiger partial charge in [0, 0.05) is 0 Å². The van der Waals surface area contributed by atoms with E-state index in [1.54, 1.807) is 0 Å². The van der Waals surface area contributed by atoms with Crippen LogP contribution in [-0.2, 0) is 0 Å². The van der Waals surface area contributed by atoms with Gasteiger partial charge in [0.2, 0.25) is 0 Å². The van der Waals surface area contributed by atoms with Crippen LogP contribution in [0.2, 0.25) is 22.7 Å². The predicted molar refractivity (Wildman–Crippen MR) is 121 cm³/mol. The Morgan fingerprint density at radius 2 is 0.857 bits per heavy atom. The van der Waals surface area contributed by atoms with Gasteiger partial charge in [-0.15, -0.1) is 0 Å². The van der Waals surface area contributed by atoms with Gasteiger partial charge in [-0.25, -0.2) is 0 Å². The number of rotatable bonds is 6. The van der Waals surface area contributed by atoms with Crippen LogP contribution in [0.5, 0.6) is 0 Å². The molecule has 0 saturated heterocycles. The van der Waals surface area contributed by atoms with Gasteiger partial charge in [-0.1, -0.05) is 64.3 Å². The molecule has 3 rings (SSSR count). The van der Waals surface area contributed by atoms with Gasteiger partial charge >= 0.3 is 18.5 Å². The van der Waals surface area contributed by atoms with Crippen LogP contribution in [0.25, 0.3) is 0 Å². The molecule has 10 heteroatoms. The molecule has 0 amide bonds. The Labute approximate surface area is 203 Å². The second-order valence-electron chi connectivity index (χ2n) is 11.5. The molecule has 0 aliphatic heterocycles. The zero-order valence-electron chi connectivity index (χ0n) is 20.5. The van der Waals surface area contributed by atoms with Crippen molar-refractivity contribution in [2.45, 2.75) is 138 Å². The number of hydrogen-bond donors (Lipinski definition) is 0. The van der Waals surface area contributed by atoms with Crippen LogP contribution in [0.4, 0.5) is 39.5 Å². The first kappa shape index (κ1) is 29.1. The Morgan fingerprint density at radius 1 is 0.543 bits per heavy atom. The van der Waals surface area contributed by atoms with E-state index in [4.69, 9.17) is 0 Å². The normalized spacial score (nSPS) is 34.1. The van der Waals surface area contributed by atoms with Crippen molar-refractivity contribution in [3.8, 4) is 0 Å². The lowest BCUT2D eigenvalue weighted by molar-refractivity contribution is -0.182. The van der Waals surface area contributed by atoms with Crippen molar-refractivity contribution >= 4 is 8.07 Å². The molecule has 3 aliphatic rings. The summed E-state index contributed by atoms with van der Waals surface area (Å²) >= 11 is 0. The summed E-state index contributed by atoms with van der Waals surface area (Å²) in [6, 6.07) is 0.573. The molecule has 206 valence electrons.